The van der Waals surface area contributed by atoms with Crippen LogP contribution in [0, 0.1) is 11.3 Å². The van der Waals surface area contributed by atoms with E-state index in [-0.39, 0.29) is 0 Å². The van der Waals surface area contributed by atoms with Crippen LogP contribution in [0.3, 0.4) is 0 Å². The molecule has 0 amide bonds. The normalized spacial score (nSPS) is 29.2. The van der Waals surface area contributed by atoms with E-state index >= 15 is 0 Å². The van der Waals surface area contributed by atoms with Gasteiger partial charge in [0.25, 0.3) is 0 Å². The van der Waals surface area contributed by atoms with Gasteiger partial charge in [0.1, 0.15) is 0 Å². The Morgan fingerprint density at radius 2 is 2.18 bits per heavy atom. The second-order valence-corrected chi connectivity index (χ2v) is 3.98. The predicted molar refractivity (Wildman–Crippen MR) is 44.5 cm³/mol. The number of ether oxygens (including phenoxy) is 1. The van der Waals surface area contributed by atoms with Crippen LogP contribution < -0.4 is 5.32 Å². The quantitative estimate of drug-likeness (QED) is 0.657. The monoisotopic (exact) mass is 155 g/mol. The first-order chi connectivity index (χ1) is 5.37. The Labute approximate surface area is 68.3 Å². The van der Waals surface area contributed by atoms with Crippen molar-refractivity contribution in [1.82, 2.24) is 5.32 Å². The minimum atomic E-state index is 0.632. The molecule has 0 atom stereocenters. The molecule has 2 rings (SSSR count). The van der Waals surface area contributed by atoms with Crippen molar-refractivity contribution in [2.75, 3.05) is 26.8 Å². The molecule has 2 heteroatoms. The van der Waals surface area contributed by atoms with Crippen LogP contribution in [0.1, 0.15) is 19.3 Å². The summed E-state index contributed by atoms with van der Waals surface area (Å²) < 4.78 is 5.24. The van der Waals surface area contributed by atoms with E-state index < -0.39 is 0 Å². The molecule has 1 heterocycles. The van der Waals surface area contributed by atoms with Crippen LogP contribution in [-0.4, -0.2) is 26.8 Å². The molecule has 0 aromatic heterocycles. The molecule has 2 aliphatic rings. The lowest BCUT2D eigenvalue weighted by molar-refractivity contribution is -0.126. The van der Waals surface area contributed by atoms with E-state index in [9.17, 15) is 0 Å². The van der Waals surface area contributed by atoms with Crippen molar-refractivity contribution < 1.29 is 4.74 Å². The fourth-order valence-corrected chi connectivity index (χ4v) is 2.30. The average molecular weight is 155 g/mol. The SMILES string of the molecule is CNCC1(C2COC2)CCC1. The van der Waals surface area contributed by atoms with E-state index in [0.717, 1.165) is 19.1 Å². The minimum Gasteiger partial charge on any atom is -0.381 e. The minimum absolute atomic E-state index is 0.632. The topological polar surface area (TPSA) is 21.3 Å². The van der Waals surface area contributed by atoms with Crippen LogP contribution in [0.4, 0.5) is 0 Å². The summed E-state index contributed by atoms with van der Waals surface area (Å²) in [5.74, 6) is 0.865. The van der Waals surface area contributed by atoms with Gasteiger partial charge in [-0.2, -0.15) is 0 Å². The average Bonchev–Trinajstić information content (AvgIpc) is 1.79. The molecule has 1 aliphatic carbocycles. The molecule has 1 aliphatic heterocycles. The smallest absolute Gasteiger partial charge is 0.0522 e. The molecule has 0 bridgehead atoms. The van der Waals surface area contributed by atoms with Crippen molar-refractivity contribution in [2.24, 2.45) is 11.3 Å². The Morgan fingerprint density at radius 3 is 2.45 bits per heavy atom. The maximum Gasteiger partial charge on any atom is 0.0522 e. The van der Waals surface area contributed by atoms with E-state index in [1.807, 2.05) is 0 Å². The maximum atomic E-state index is 5.24. The van der Waals surface area contributed by atoms with Gasteiger partial charge < -0.3 is 10.1 Å². The van der Waals surface area contributed by atoms with Crippen molar-refractivity contribution in [2.45, 2.75) is 19.3 Å². The van der Waals surface area contributed by atoms with E-state index in [1.165, 1.54) is 25.8 Å². The summed E-state index contributed by atoms with van der Waals surface area (Å²) in [7, 11) is 2.06. The lowest BCUT2D eigenvalue weighted by Crippen LogP contribution is -2.52. The Morgan fingerprint density at radius 1 is 1.45 bits per heavy atom. The van der Waals surface area contributed by atoms with Gasteiger partial charge in [-0.25, -0.2) is 0 Å². The standard InChI is InChI=1S/C9H17NO/c1-10-7-9(3-2-4-9)8-5-11-6-8/h8,10H,2-7H2,1H3. The fourth-order valence-electron chi connectivity index (χ4n) is 2.30. The lowest BCUT2D eigenvalue weighted by atomic mass is 9.60. The first kappa shape index (κ1) is 7.56. The van der Waals surface area contributed by atoms with Gasteiger partial charge in [-0.15, -0.1) is 0 Å². The third-order valence-corrected chi connectivity index (χ3v) is 3.38. The summed E-state index contributed by atoms with van der Waals surface area (Å²) in [6.45, 7) is 3.23. The molecule has 11 heavy (non-hydrogen) atoms. The van der Waals surface area contributed by atoms with Crippen LogP contribution in [0.2, 0.25) is 0 Å². The molecule has 0 unspecified atom stereocenters. The summed E-state index contributed by atoms with van der Waals surface area (Å²) in [6, 6.07) is 0. The number of nitrogens with one attached hydrogen (secondary N) is 1. The van der Waals surface area contributed by atoms with Crippen molar-refractivity contribution >= 4 is 0 Å². The molecular weight excluding hydrogens is 138 g/mol. The molecule has 2 nitrogen and oxygen atoms in total. The highest BCUT2D eigenvalue weighted by Gasteiger charge is 2.46. The second-order valence-electron chi connectivity index (χ2n) is 3.98. The predicted octanol–water partition coefficient (Wildman–Crippen LogP) is 1.02. The summed E-state index contributed by atoms with van der Waals surface area (Å²) in [5, 5.41) is 3.30. The third kappa shape index (κ3) is 1.09. The van der Waals surface area contributed by atoms with Gasteiger partial charge in [0.2, 0.25) is 0 Å². The lowest BCUT2D eigenvalue weighted by Gasteiger charge is -2.51. The van der Waals surface area contributed by atoms with Gasteiger partial charge in [-0.05, 0) is 25.3 Å². The van der Waals surface area contributed by atoms with Crippen molar-refractivity contribution in [3.63, 3.8) is 0 Å². The van der Waals surface area contributed by atoms with Crippen LogP contribution in [0.25, 0.3) is 0 Å². The molecule has 2 fully saturated rings. The number of hydrogen-bond donors (Lipinski definition) is 1. The first-order valence-electron chi connectivity index (χ1n) is 4.60. The van der Waals surface area contributed by atoms with Crippen LogP contribution in [0.5, 0.6) is 0 Å². The van der Waals surface area contributed by atoms with E-state index in [2.05, 4.69) is 12.4 Å². The highest BCUT2D eigenvalue weighted by molar-refractivity contribution is 4.96. The summed E-state index contributed by atoms with van der Waals surface area (Å²) >= 11 is 0. The van der Waals surface area contributed by atoms with Crippen molar-refractivity contribution in [3.05, 3.63) is 0 Å². The third-order valence-electron chi connectivity index (χ3n) is 3.38. The zero-order valence-corrected chi connectivity index (χ0v) is 7.23. The van der Waals surface area contributed by atoms with Crippen molar-refractivity contribution in [1.29, 1.82) is 0 Å². The fraction of sp³-hybridized carbons (Fsp3) is 1.00. The molecule has 1 N–H and O–H groups in total. The number of hydrogen-bond acceptors (Lipinski definition) is 2. The zero-order chi connectivity index (χ0) is 7.73. The van der Waals surface area contributed by atoms with Gasteiger partial charge in [0, 0.05) is 12.5 Å². The molecule has 0 radical (unpaired) electrons. The molecule has 1 saturated carbocycles. The van der Waals surface area contributed by atoms with Gasteiger partial charge in [-0.3, -0.25) is 0 Å². The van der Waals surface area contributed by atoms with Crippen LogP contribution >= 0.6 is 0 Å². The summed E-state index contributed by atoms with van der Waals surface area (Å²) in [5.41, 5.74) is 0.632. The molecule has 1 saturated heterocycles. The summed E-state index contributed by atoms with van der Waals surface area (Å²) in [4.78, 5) is 0. The second kappa shape index (κ2) is 2.76. The van der Waals surface area contributed by atoms with E-state index in [0.29, 0.717) is 5.41 Å². The van der Waals surface area contributed by atoms with E-state index in [1.54, 1.807) is 0 Å². The Balaban J connectivity index is 1.92. The Kier molecular flexibility index (Phi) is 1.90. The highest BCUT2D eigenvalue weighted by Crippen LogP contribution is 2.49. The molecule has 0 aromatic rings. The van der Waals surface area contributed by atoms with Crippen molar-refractivity contribution in [3.8, 4) is 0 Å². The van der Waals surface area contributed by atoms with E-state index in [4.69, 9.17) is 4.74 Å². The van der Waals surface area contributed by atoms with Crippen LogP contribution in [-0.2, 0) is 4.74 Å². The van der Waals surface area contributed by atoms with Crippen LogP contribution in [0.15, 0.2) is 0 Å². The van der Waals surface area contributed by atoms with Gasteiger partial charge in [0.15, 0.2) is 0 Å². The van der Waals surface area contributed by atoms with Gasteiger partial charge >= 0.3 is 0 Å². The number of rotatable bonds is 3. The first-order valence-corrected chi connectivity index (χ1v) is 4.60. The molecular formula is C9H17NO. The Bertz CT molecular complexity index is 138. The zero-order valence-electron chi connectivity index (χ0n) is 7.23. The maximum absolute atomic E-state index is 5.24. The van der Waals surface area contributed by atoms with Gasteiger partial charge in [0.05, 0.1) is 13.2 Å². The highest BCUT2D eigenvalue weighted by atomic mass is 16.5. The molecule has 0 spiro atoms. The summed E-state index contributed by atoms with van der Waals surface area (Å²) in [6.07, 6.45) is 4.27. The molecule has 64 valence electrons. The Hall–Kier alpha value is -0.0800. The largest absolute Gasteiger partial charge is 0.381 e. The molecule has 0 aromatic carbocycles. The van der Waals surface area contributed by atoms with Gasteiger partial charge in [-0.1, -0.05) is 6.42 Å².